The van der Waals surface area contributed by atoms with Crippen molar-refractivity contribution in [1.82, 2.24) is 0 Å². The molecule has 4 heteroatoms. The molecule has 1 aromatic carbocycles. The normalized spacial score (nSPS) is 10.8. The van der Waals surface area contributed by atoms with Crippen LogP contribution in [0.4, 0.5) is 5.69 Å². The van der Waals surface area contributed by atoms with Gasteiger partial charge in [0.25, 0.3) is 0 Å². The molecule has 0 aromatic heterocycles. The molecule has 86 valence electrons. The highest BCUT2D eigenvalue weighted by Crippen LogP contribution is 2.07. The van der Waals surface area contributed by atoms with Crippen LogP contribution in [0.5, 0.6) is 0 Å². The van der Waals surface area contributed by atoms with E-state index in [0.717, 1.165) is 5.69 Å². The van der Waals surface area contributed by atoms with E-state index < -0.39 is 5.97 Å². The van der Waals surface area contributed by atoms with Gasteiger partial charge in [0.05, 0.1) is 19.9 Å². The minimum Gasteiger partial charge on any atom is -0.489 e. The lowest BCUT2D eigenvalue weighted by Gasteiger charge is -2.06. The van der Waals surface area contributed by atoms with Crippen LogP contribution in [0.3, 0.4) is 0 Å². The number of hydrogen-bond acceptors (Lipinski definition) is 4. The number of benzene rings is 1. The summed E-state index contributed by atoms with van der Waals surface area (Å²) in [6.07, 6.45) is 1.48. The third-order valence-corrected chi connectivity index (χ3v) is 1.84. The fraction of sp³-hybridized carbons (Fsp3) is 0.250. The van der Waals surface area contributed by atoms with Gasteiger partial charge in [0.2, 0.25) is 5.76 Å². The molecule has 0 atom stereocenters. The number of para-hydroxylation sites is 1. The Bertz CT molecular complexity index is 360. The summed E-state index contributed by atoms with van der Waals surface area (Å²) in [5.74, 6) is -0.334. The van der Waals surface area contributed by atoms with Gasteiger partial charge in [0.1, 0.15) is 0 Å². The van der Waals surface area contributed by atoms with Gasteiger partial charge in [0.15, 0.2) is 0 Å². The number of rotatable bonds is 5. The molecular weight excluding hydrogens is 206 g/mol. The smallest absolute Gasteiger partial charge is 0.375 e. The highest BCUT2D eigenvalue weighted by atomic mass is 16.6. The Labute approximate surface area is 94.9 Å². The van der Waals surface area contributed by atoms with Crippen molar-refractivity contribution >= 4 is 11.7 Å². The summed E-state index contributed by atoms with van der Waals surface area (Å²) in [5.41, 5.74) is 0.876. The van der Waals surface area contributed by atoms with Crippen LogP contribution in [-0.2, 0) is 14.3 Å². The van der Waals surface area contributed by atoms with Crippen molar-refractivity contribution in [3.8, 4) is 0 Å². The molecular formula is C12H15NO3. The van der Waals surface area contributed by atoms with Crippen molar-refractivity contribution in [1.29, 1.82) is 0 Å². The highest BCUT2D eigenvalue weighted by Gasteiger charge is 2.09. The number of carbonyl (C=O) groups excluding carboxylic acids is 1. The number of carbonyl (C=O) groups is 1. The average Bonchev–Trinajstić information content (AvgIpc) is 2.31. The van der Waals surface area contributed by atoms with Gasteiger partial charge in [-0.3, -0.25) is 0 Å². The first-order valence-corrected chi connectivity index (χ1v) is 5.00. The highest BCUT2D eigenvalue weighted by molar-refractivity contribution is 5.86. The fourth-order valence-corrected chi connectivity index (χ4v) is 1.09. The summed E-state index contributed by atoms with van der Waals surface area (Å²) in [5, 5.41) is 2.95. The lowest BCUT2D eigenvalue weighted by atomic mass is 10.3. The van der Waals surface area contributed by atoms with E-state index in [0.29, 0.717) is 6.61 Å². The maximum atomic E-state index is 11.3. The van der Waals surface area contributed by atoms with Crippen molar-refractivity contribution < 1.29 is 14.3 Å². The van der Waals surface area contributed by atoms with E-state index in [2.05, 4.69) is 5.32 Å². The molecule has 0 bridgehead atoms. The molecule has 0 heterocycles. The first-order chi connectivity index (χ1) is 7.77. The summed E-state index contributed by atoms with van der Waals surface area (Å²) in [6.45, 7) is 2.07. The molecule has 0 radical (unpaired) electrons. The Morgan fingerprint density at radius 2 is 2.06 bits per heavy atom. The van der Waals surface area contributed by atoms with E-state index in [4.69, 9.17) is 9.47 Å². The number of esters is 1. The second kappa shape index (κ2) is 6.50. The van der Waals surface area contributed by atoms with E-state index in [-0.39, 0.29) is 5.76 Å². The molecule has 0 saturated heterocycles. The Morgan fingerprint density at radius 3 is 2.62 bits per heavy atom. The van der Waals surface area contributed by atoms with Crippen LogP contribution in [0.15, 0.2) is 42.3 Å². The van der Waals surface area contributed by atoms with Crippen LogP contribution in [0, 0.1) is 0 Å². The SMILES string of the molecule is CCOC(=O)C(=CNc1ccccc1)OC. The Morgan fingerprint density at radius 1 is 1.38 bits per heavy atom. The summed E-state index contributed by atoms with van der Waals surface area (Å²) >= 11 is 0. The molecule has 0 saturated carbocycles. The summed E-state index contributed by atoms with van der Waals surface area (Å²) < 4.78 is 9.72. The molecule has 1 N–H and O–H groups in total. The Kier molecular flexibility index (Phi) is 4.92. The maximum absolute atomic E-state index is 11.3. The van der Waals surface area contributed by atoms with Gasteiger partial charge < -0.3 is 14.8 Å². The number of methoxy groups -OCH3 is 1. The van der Waals surface area contributed by atoms with Gasteiger partial charge in [-0.15, -0.1) is 0 Å². The quantitative estimate of drug-likeness (QED) is 0.470. The van der Waals surface area contributed by atoms with E-state index in [1.807, 2.05) is 30.3 Å². The Hall–Kier alpha value is -1.97. The lowest BCUT2D eigenvalue weighted by Crippen LogP contribution is -2.10. The zero-order valence-corrected chi connectivity index (χ0v) is 9.40. The summed E-state index contributed by atoms with van der Waals surface area (Å²) in [4.78, 5) is 11.3. The average molecular weight is 221 g/mol. The molecule has 1 rings (SSSR count). The van der Waals surface area contributed by atoms with Crippen LogP contribution in [-0.4, -0.2) is 19.7 Å². The molecule has 0 aliphatic rings. The molecule has 16 heavy (non-hydrogen) atoms. The standard InChI is InChI=1S/C12H15NO3/c1-3-16-12(14)11(15-2)9-13-10-7-5-4-6-8-10/h4-9,13H,3H2,1-2H3. The summed E-state index contributed by atoms with van der Waals surface area (Å²) in [7, 11) is 1.43. The zero-order chi connectivity index (χ0) is 11.8. The first-order valence-electron chi connectivity index (χ1n) is 5.00. The monoisotopic (exact) mass is 221 g/mol. The van der Waals surface area contributed by atoms with Crippen LogP contribution in [0.1, 0.15) is 6.92 Å². The van der Waals surface area contributed by atoms with Gasteiger partial charge in [-0.05, 0) is 19.1 Å². The number of hydrogen-bond donors (Lipinski definition) is 1. The molecule has 1 aromatic rings. The third kappa shape index (κ3) is 3.65. The van der Waals surface area contributed by atoms with Crippen molar-refractivity contribution in [3.05, 3.63) is 42.3 Å². The second-order valence-electron chi connectivity index (χ2n) is 2.94. The molecule has 0 amide bonds. The molecule has 0 aliphatic carbocycles. The van der Waals surface area contributed by atoms with Crippen LogP contribution >= 0.6 is 0 Å². The van der Waals surface area contributed by atoms with Gasteiger partial charge >= 0.3 is 5.97 Å². The van der Waals surface area contributed by atoms with E-state index in [1.54, 1.807) is 6.92 Å². The lowest BCUT2D eigenvalue weighted by molar-refractivity contribution is -0.142. The van der Waals surface area contributed by atoms with Gasteiger partial charge in [-0.25, -0.2) is 4.79 Å². The third-order valence-electron chi connectivity index (χ3n) is 1.84. The molecule has 0 unspecified atom stereocenters. The van der Waals surface area contributed by atoms with Crippen LogP contribution < -0.4 is 5.32 Å². The van der Waals surface area contributed by atoms with Gasteiger partial charge in [-0.2, -0.15) is 0 Å². The van der Waals surface area contributed by atoms with Crippen LogP contribution in [0.2, 0.25) is 0 Å². The van der Waals surface area contributed by atoms with Crippen molar-refractivity contribution in [2.24, 2.45) is 0 Å². The van der Waals surface area contributed by atoms with E-state index >= 15 is 0 Å². The predicted octanol–water partition coefficient (Wildman–Crippen LogP) is 2.15. The number of anilines is 1. The largest absolute Gasteiger partial charge is 0.489 e. The molecule has 0 spiro atoms. The van der Waals surface area contributed by atoms with Crippen molar-refractivity contribution in [2.45, 2.75) is 6.92 Å². The van der Waals surface area contributed by atoms with E-state index in [9.17, 15) is 4.79 Å². The minimum absolute atomic E-state index is 0.144. The van der Waals surface area contributed by atoms with Crippen molar-refractivity contribution in [3.63, 3.8) is 0 Å². The zero-order valence-electron chi connectivity index (χ0n) is 9.40. The number of ether oxygens (including phenoxy) is 2. The molecule has 4 nitrogen and oxygen atoms in total. The topological polar surface area (TPSA) is 47.6 Å². The van der Waals surface area contributed by atoms with Crippen molar-refractivity contribution in [2.75, 3.05) is 19.0 Å². The molecule has 0 aliphatic heterocycles. The maximum Gasteiger partial charge on any atom is 0.375 e. The van der Waals surface area contributed by atoms with Gasteiger partial charge in [-0.1, -0.05) is 18.2 Å². The fourth-order valence-electron chi connectivity index (χ4n) is 1.09. The minimum atomic E-state index is -0.478. The number of nitrogens with one attached hydrogen (secondary N) is 1. The molecule has 0 fully saturated rings. The predicted molar refractivity (Wildman–Crippen MR) is 61.8 cm³/mol. The van der Waals surface area contributed by atoms with E-state index in [1.165, 1.54) is 13.3 Å². The first kappa shape index (κ1) is 12.1. The van der Waals surface area contributed by atoms with Crippen LogP contribution in [0.25, 0.3) is 0 Å². The second-order valence-corrected chi connectivity index (χ2v) is 2.94. The Balaban J connectivity index is 2.63. The van der Waals surface area contributed by atoms with Gasteiger partial charge in [0, 0.05) is 5.69 Å². The summed E-state index contributed by atoms with van der Waals surface area (Å²) in [6, 6.07) is 9.47.